The Kier molecular flexibility index (Phi) is 5.37. The van der Waals surface area contributed by atoms with Gasteiger partial charge in [0, 0.05) is 19.7 Å². The molecule has 17 heavy (non-hydrogen) atoms. The van der Waals surface area contributed by atoms with Crippen LogP contribution in [0.4, 0.5) is 0 Å². The predicted molar refractivity (Wildman–Crippen MR) is 61.4 cm³/mol. The van der Waals surface area contributed by atoms with E-state index in [9.17, 15) is 9.59 Å². The highest BCUT2D eigenvalue weighted by Gasteiger charge is 2.30. The van der Waals surface area contributed by atoms with Crippen molar-refractivity contribution < 1.29 is 19.4 Å². The van der Waals surface area contributed by atoms with E-state index in [-0.39, 0.29) is 30.4 Å². The minimum Gasteiger partial charge on any atom is -0.481 e. The molecule has 6 nitrogen and oxygen atoms in total. The number of hydrogen-bond acceptors (Lipinski definition) is 4. The number of aliphatic carboxylic acids is 1. The number of carbonyl (C=O) groups excluding carboxylic acids is 1. The zero-order valence-electron chi connectivity index (χ0n) is 10.0. The summed E-state index contributed by atoms with van der Waals surface area (Å²) in [5.41, 5.74) is 5.42. The van der Waals surface area contributed by atoms with Crippen molar-refractivity contribution in [3.8, 4) is 0 Å². The molecule has 0 spiro atoms. The smallest absolute Gasteiger partial charge is 0.306 e. The Labute approximate surface area is 101 Å². The first-order chi connectivity index (χ1) is 8.06. The summed E-state index contributed by atoms with van der Waals surface area (Å²) in [5, 5.41) is 11.7. The molecule has 0 saturated heterocycles. The molecular formula is C11H20N2O4. The zero-order chi connectivity index (χ0) is 12.8. The molecule has 1 rings (SSSR count). The molecule has 0 aromatic rings. The number of nitrogens with one attached hydrogen (secondary N) is 1. The first-order valence-corrected chi connectivity index (χ1v) is 5.81. The molecule has 0 bridgehead atoms. The van der Waals surface area contributed by atoms with Crippen molar-refractivity contribution in [2.24, 2.45) is 11.7 Å². The third-order valence-electron chi connectivity index (χ3n) is 3.16. The van der Waals surface area contributed by atoms with E-state index in [4.69, 9.17) is 15.6 Å². The Morgan fingerprint density at radius 3 is 2.71 bits per heavy atom. The quantitative estimate of drug-likeness (QED) is 0.596. The summed E-state index contributed by atoms with van der Waals surface area (Å²) in [5.74, 6) is -1.23. The van der Waals surface area contributed by atoms with Crippen LogP contribution in [0.15, 0.2) is 0 Å². The van der Waals surface area contributed by atoms with Crippen molar-refractivity contribution in [1.29, 1.82) is 0 Å². The normalized spacial score (nSPS) is 25.5. The number of carboxylic acids is 1. The van der Waals surface area contributed by atoms with Crippen LogP contribution in [0.1, 0.15) is 25.7 Å². The van der Waals surface area contributed by atoms with Crippen LogP contribution in [0.3, 0.4) is 0 Å². The van der Waals surface area contributed by atoms with E-state index in [0.717, 1.165) is 6.42 Å². The van der Waals surface area contributed by atoms with Gasteiger partial charge in [0.1, 0.15) is 0 Å². The zero-order valence-corrected chi connectivity index (χ0v) is 10.0. The Hall–Kier alpha value is -1.14. The van der Waals surface area contributed by atoms with Crippen LogP contribution in [0.25, 0.3) is 0 Å². The summed E-state index contributed by atoms with van der Waals surface area (Å²) in [7, 11) is 1.51. The lowest BCUT2D eigenvalue weighted by Gasteiger charge is -2.16. The minimum absolute atomic E-state index is 0.0288. The first kappa shape index (κ1) is 13.9. The summed E-state index contributed by atoms with van der Waals surface area (Å²) in [6.45, 7) is 0.298. The van der Waals surface area contributed by atoms with Gasteiger partial charge in [-0.3, -0.25) is 9.59 Å². The van der Waals surface area contributed by atoms with E-state index < -0.39 is 5.97 Å². The highest BCUT2D eigenvalue weighted by Crippen LogP contribution is 2.25. The Morgan fingerprint density at radius 1 is 1.53 bits per heavy atom. The summed E-state index contributed by atoms with van der Waals surface area (Å²) >= 11 is 0. The second-order valence-corrected chi connectivity index (χ2v) is 4.41. The van der Waals surface area contributed by atoms with Crippen LogP contribution in [0.2, 0.25) is 0 Å². The summed E-state index contributed by atoms with van der Waals surface area (Å²) in [6.07, 6.45) is 1.82. The number of hydrogen-bond donors (Lipinski definition) is 3. The highest BCUT2D eigenvalue weighted by atomic mass is 16.5. The standard InChI is InChI=1S/C11H20N2O4/c1-17-9(6-12)5-10(14)13-8-3-2-7(4-8)11(15)16/h7-9H,2-6,12H2,1H3,(H,13,14)(H,15,16). The summed E-state index contributed by atoms with van der Waals surface area (Å²) in [4.78, 5) is 22.4. The molecule has 0 aliphatic heterocycles. The molecule has 3 atom stereocenters. The number of nitrogens with two attached hydrogens (primary N) is 1. The second-order valence-electron chi connectivity index (χ2n) is 4.41. The van der Waals surface area contributed by atoms with Gasteiger partial charge in [-0.05, 0) is 19.3 Å². The van der Waals surface area contributed by atoms with E-state index in [1.807, 2.05) is 0 Å². The molecule has 0 heterocycles. The van der Waals surface area contributed by atoms with Crippen LogP contribution in [-0.4, -0.2) is 42.8 Å². The monoisotopic (exact) mass is 244 g/mol. The van der Waals surface area contributed by atoms with Crippen molar-refractivity contribution in [2.75, 3.05) is 13.7 Å². The minimum atomic E-state index is -0.779. The van der Waals surface area contributed by atoms with E-state index in [0.29, 0.717) is 19.4 Å². The fourth-order valence-electron chi connectivity index (χ4n) is 2.09. The number of carbonyl (C=O) groups is 2. The van der Waals surface area contributed by atoms with E-state index in [1.54, 1.807) is 0 Å². The van der Waals surface area contributed by atoms with E-state index in [2.05, 4.69) is 5.32 Å². The lowest BCUT2D eigenvalue weighted by atomic mass is 10.1. The number of methoxy groups -OCH3 is 1. The van der Waals surface area contributed by atoms with Crippen LogP contribution in [-0.2, 0) is 14.3 Å². The second kappa shape index (κ2) is 6.56. The molecule has 1 aliphatic rings. The van der Waals surface area contributed by atoms with Gasteiger partial charge in [-0.25, -0.2) is 0 Å². The third kappa shape index (κ3) is 4.32. The van der Waals surface area contributed by atoms with Gasteiger partial charge < -0.3 is 20.9 Å². The molecule has 98 valence electrons. The van der Waals surface area contributed by atoms with Gasteiger partial charge in [0.05, 0.1) is 18.4 Å². The van der Waals surface area contributed by atoms with Crippen molar-refractivity contribution in [1.82, 2.24) is 5.32 Å². The third-order valence-corrected chi connectivity index (χ3v) is 3.16. The Bertz CT molecular complexity index is 279. The first-order valence-electron chi connectivity index (χ1n) is 5.81. The fourth-order valence-corrected chi connectivity index (χ4v) is 2.09. The molecule has 3 unspecified atom stereocenters. The van der Waals surface area contributed by atoms with Gasteiger partial charge in [0.2, 0.25) is 5.91 Å². The molecule has 0 aromatic carbocycles. The highest BCUT2D eigenvalue weighted by molar-refractivity contribution is 5.77. The SMILES string of the molecule is COC(CN)CC(=O)NC1CCC(C(=O)O)C1. The van der Waals surface area contributed by atoms with Crippen LogP contribution < -0.4 is 11.1 Å². The van der Waals surface area contributed by atoms with Crippen molar-refractivity contribution in [3.63, 3.8) is 0 Å². The average molecular weight is 244 g/mol. The fraction of sp³-hybridized carbons (Fsp3) is 0.818. The predicted octanol–water partition coefficient (Wildman–Crippen LogP) is -0.280. The Morgan fingerprint density at radius 2 is 2.24 bits per heavy atom. The Balaban J connectivity index is 2.30. The van der Waals surface area contributed by atoms with Crippen molar-refractivity contribution in [2.45, 2.75) is 37.8 Å². The molecule has 6 heteroatoms. The number of carboxylic acid groups (broad SMARTS) is 1. The molecule has 0 radical (unpaired) electrons. The molecule has 1 aliphatic carbocycles. The molecule has 1 fully saturated rings. The summed E-state index contributed by atoms with van der Waals surface area (Å²) in [6, 6.07) is -0.0288. The van der Waals surface area contributed by atoms with Gasteiger partial charge >= 0.3 is 5.97 Å². The number of ether oxygens (including phenoxy) is 1. The maximum atomic E-state index is 11.6. The summed E-state index contributed by atoms with van der Waals surface area (Å²) < 4.78 is 5.01. The average Bonchev–Trinajstić information content (AvgIpc) is 2.74. The molecule has 1 amide bonds. The maximum Gasteiger partial charge on any atom is 0.306 e. The van der Waals surface area contributed by atoms with Crippen LogP contribution >= 0.6 is 0 Å². The van der Waals surface area contributed by atoms with E-state index >= 15 is 0 Å². The lowest BCUT2D eigenvalue weighted by molar-refractivity contribution is -0.141. The van der Waals surface area contributed by atoms with Gasteiger partial charge in [0.15, 0.2) is 0 Å². The van der Waals surface area contributed by atoms with Crippen molar-refractivity contribution in [3.05, 3.63) is 0 Å². The largest absolute Gasteiger partial charge is 0.481 e. The molecule has 1 saturated carbocycles. The van der Waals surface area contributed by atoms with Crippen LogP contribution in [0, 0.1) is 5.92 Å². The van der Waals surface area contributed by atoms with Gasteiger partial charge in [-0.15, -0.1) is 0 Å². The number of amides is 1. The van der Waals surface area contributed by atoms with E-state index in [1.165, 1.54) is 7.11 Å². The molecule has 4 N–H and O–H groups in total. The maximum absolute atomic E-state index is 11.6. The van der Waals surface area contributed by atoms with Gasteiger partial charge in [-0.2, -0.15) is 0 Å². The molecule has 0 aromatic heterocycles. The number of rotatable bonds is 6. The lowest BCUT2D eigenvalue weighted by Crippen LogP contribution is -2.37. The van der Waals surface area contributed by atoms with Crippen LogP contribution in [0.5, 0.6) is 0 Å². The topological polar surface area (TPSA) is 102 Å². The van der Waals surface area contributed by atoms with Gasteiger partial charge in [-0.1, -0.05) is 0 Å². The van der Waals surface area contributed by atoms with Gasteiger partial charge in [0.25, 0.3) is 0 Å². The van der Waals surface area contributed by atoms with Crippen molar-refractivity contribution >= 4 is 11.9 Å². The molecular weight excluding hydrogens is 224 g/mol.